The molecule has 1 rings (SSSR count). The van der Waals surface area contributed by atoms with E-state index in [4.69, 9.17) is 5.11 Å². The van der Waals surface area contributed by atoms with Gasteiger partial charge in [0.2, 0.25) is 0 Å². The number of nitrogens with zero attached hydrogens (tertiary/aromatic N) is 1. The van der Waals surface area contributed by atoms with Gasteiger partial charge in [-0.05, 0) is 18.9 Å². The van der Waals surface area contributed by atoms with Gasteiger partial charge in [-0.2, -0.15) is 0 Å². The first-order valence-electron chi connectivity index (χ1n) is 4.79. The van der Waals surface area contributed by atoms with Crippen molar-refractivity contribution in [3.8, 4) is 0 Å². The molecule has 0 amide bonds. The molecular formula is C11H15NO2S. The van der Waals surface area contributed by atoms with Crippen LogP contribution in [-0.4, -0.2) is 24.7 Å². The summed E-state index contributed by atoms with van der Waals surface area (Å²) in [7, 11) is 1.97. The average Bonchev–Trinajstić information content (AvgIpc) is 2.66. The van der Waals surface area contributed by atoms with E-state index in [9.17, 15) is 4.79 Å². The molecule has 0 unspecified atom stereocenters. The fourth-order valence-corrected chi connectivity index (χ4v) is 2.03. The first kappa shape index (κ1) is 11.8. The van der Waals surface area contributed by atoms with Gasteiger partial charge in [-0.25, -0.2) is 4.79 Å². The number of anilines is 1. The maximum absolute atomic E-state index is 10.7. The number of rotatable bonds is 6. The maximum Gasteiger partial charge on any atom is 0.345 e. The lowest BCUT2D eigenvalue weighted by Gasteiger charge is -2.16. The summed E-state index contributed by atoms with van der Waals surface area (Å²) in [6.45, 7) is 4.58. The Morgan fingerprint density at radius 1 is 1.73 bits per heavy atom. The number of aromatic carboxylic acids is 1. The van der Waals surface area contributed by atoms with E-state index >= 15 is 0 Å². The molecule has 0 saturated carbocycles. The van der Waals surface area contributed by atoms with Crippen molar-refractivity contribution in [1.29, 1.82) is 0 Å². The summed E-state index contributed by atoms with van der Waals surface area (Å²) >= 11 is 1.26. The lowest BCUT2D eigenvalue weighted by atomic mass is 10.3. The van der Waals surface area contributed by atoms with Crippen LogP contribution < -0.4 is 4.90 Å². The second kappa shape index (κ2) is 5.56. The van der Waals surface area contributed by atoms with Gasteiger partial charge in [-0.1, -0.05) is 6.08 Å². The molecule has 3 nitrogen and oxygen atoms in total. The number of carbonyl (C=O) groups is 1. The van der Waals surface area contributed by atoms with E-state index in [0.29, 0.717) is 4.88 Å². The van der Waals surface area contributed by atoms with Gasteiger partial charge in [-0.3, -0.25) is 0 Å². The largest absolute Gasteiger partial charge is 0.477 e. The Morgan fingerprint density at radius 3 is 3.00 bits per heavy atom. The van der Waals surface area contributed by atoms with Gasteiger partial charge in [-0.15, -0.1) is 17.9 Å². The van der Waals surface area contributed by atoms with E-state index in [2.05, 4.69) is 11.5 Å². The van der Waals surface area contributed by atoms with Crippen molar-refractivity contribution in [3.05, 3.63) is 29.0 Å². The summed E-state index contributed by atoms with van der Waals surface area (Å²) < 4.78 is 0. The third-order valence-corrected chi connectivity index (χ3v) is 3.04. The predicted molar refractivity (Wildman–Crippen MR) is 64.0 cm³/mol. The number of unbranched alkanes of at least 4 members (excludes halogenated alkanes) is 1. The van der Waals surface area contributed by atoms with Crippen LogP contribution in [0.15, 0.2) is 24.1 Å². The average molecular weight is 225 g/mol. The van der Waals surface area contributed by atoms with E-state index in [-0.39, 0.29) is 0 Å². The molecule has 0 aliphatic heterocycles. The zero-order chi connectivity index (χ0) is 11.3. The SMILES string of the molecule is C=CCCCN(C)c1csc(C(=O)O)c1. The molecule has 0 fully saturated rings. The minimum atomic E-state index is -0.856. The molecule has 15 heavy (non-hydrogen) atoms. The third kappa shape index (κ3) is 3.40. The summed E-state index contributed by atoms with van der Waals surface area (Å²) in [5.74, 6) is -0.856. The van der Waals surface area contributed by atoms with Crippen LogP contribution in [-0.2, 0) is 0 Å². The zero-order valence-corrected chi connectivity index (χ0v) is 9.59. The fourth-order valence-electron chi connectivity index (χ4n) is 1.24. The highest BCUT2D eigenvalue weighted by atomic mass is 32.1. The van der Waals surface area contributed by atoms with Crippen molar-refractivity contribution in [1.82, 2.24) is 0 Å². The number of allylic oxidation sites excluding steroid dienone is 1. The lowest BCUT2D eigenvalue weighted by molar-refractivity contribution is 0.0702. The summed E-state index contributed by atoms with van der Waals surface area (Å²) in [4.78, 5) is 13.1. The maximum atomic E-state index is 10.7. The van der Waals surface area contributed by atoms with Gasteiger partial charge in [0.05, 0.1) is 0 Å². The van der Waals surface area contributed by atoms with Crippen molar-refractivity contribution in [2.75, 3.05) is 18.5 Å². The number of thiophene rings is 1. The number of carboxylic acid groups (broad SMARTS) is 1. The van der Waals surface area contributed by atoms with Crippen LogP contribution in [0.5, 0.6) is 0 Å². The van der Waals surface area contributed by atoms with Crippen LogP contribution in [0.3, 0.4) is 0 Å². The van der Waals surface area contributed by atoms with Crippen LogP contribution in [0, 0.1) is 0 Å². The first-order chi connectivity index (χ1) is 7.15. The molecule has 4 heteroatoms. The first-order valence-corrected chi connectivity index (χ1v) is 5.67. The predicted octanol–water partition coefficient (Wildman–Crippen LogP) is 2.85. The quantitative estimate of drug-likeness (QED) is 0.598. The van der Waals surface area contributed by atoms with Gasteiger partial charge < -0.3 is 10.0 Å². The second-order valence-corrected chi connectivity index (χ2v) is 4.24. The third-order valence-electron chi connectivity index (χ3n) is 2.14. The summed E-state index contributed by atoms with van der Waals surface area (Å²) in [6, 6.07) is 1.71. The Kier molecular flexibility index (Phi) is 4.37. The van der Waals surface area contributed by atoms with Gasteiger partial charge in [0.15, 0.2) is 0 Å². The minimum Gasteiger partial charge on any atom is -0.477 e. The van der Waals surface area contributed by atoms with Crippen LogP contribution >= 0.6 is 11.3 Å². The molecule has 0 aliphatic rings. The van der Waals surface area contributed by atoms with Gasteiger partial charge in [0.25, 0.3) is 0 Å². The molecule has 1 aromatic heterocycles. The minimum absolute atomic E-state index is 0.389. The van der Waals surface area contributed by atoms with Crippen molar-refractivity contribution < 1.29 is 9.90 Å². The van der Waals surface area contributed by atoms with E-state index < -0.39 is 5.97 Å². The molecule has 0 radical (unpaired) electrons. The standard InChI is InChI=1S/C11H15NO2S/c1-3-4-5-6-12(2)9-7-10(11(13)14)15-8-9/h3,7-8H,1,4-6H2,2H3,(H,13,14). The van der Waals surface area contributed by atoms with E-state index in [0.717, 1.165) is 25.1 Å². The van der Waals surface area contributed by atoms with Gasteiger partial charge >= 0.3 is 5.97 Å². The van der Waals surface area contributed by atoms with Crippen LogP contribution in [0.25, 0.3) is 0 Å². The molecule has 0 atom stereocenters. The molecule has 0 spiro atoms. The van der Waals surface area contributed by atoms with Crippen LogP contribution in [0.4, 0.5) is 5.69 Å². The Hall–Kier alpha value is -1.29. The van der Waals surface area contributed by atoms with E-state index in [1.54, 1.807) is 6.07 Å². The Labute approximate surface area is 93.7 Å². The number of hydrogen-bond donors (Lipinski definition) is 1. The summed E-state index contributed by atoms with van der Waals surface area (Å²) in [6.07, 6.45) is 3.92. The lowest BCUT2D eigenvalue weighted by Crippen LogP contribution is -2.17. The highest BCUT2D eigenvalue weighted by Crippen LogP contribution is 2.22. The molecule has 0 bridgehead atoms. The van der Waals surface area contributed by atoms with Crippen molar-refractivity contribution in [3.63, 3.8) is 0 Å². The van der Waals surface area contributed by atoms with Gasteiger partial charge in [0, 0.05) is 24.7 Å². The molecule has 1 N–H and O–H groups in total. The molecular weight excluding hydrogens is 210 g/mol. The Bertz CT molecular complexity index is 346. The molecule has 0 aromatic carbocycles. The summed E-state index contributed by atoms with van der Waals surface area (Å²) in [5.41, 5.74) is 0.974. The van der Waals surface area contributed by atoms with E-state index in [1.165, 1.54) is 11.3 Å². The zero-order valence-electron chi connectivity index (χ0n) is 8.77. The Morgan fingerprint density at radius 2 is 2.47 bits per heavy atom. The van der Waals surface area contributed by atoms with Gasteiger partial charge in [0.1, 0.15) is 4.88 Å². The van der Waals surface area contributed by atoms with Crippen molar-refractivity contribution in [2.24, 2.45) is 0 Å². The van der Waals surface area contributed by atoms with Crippen LogP contribution in [0.1, 0.15) is 22.5 Å². The number of hydrogen-bond acceptors (Lipinski definition) is 3. The van der Waals surface area contributed by atoms with E-state index in [1.807, 2.05) is 18.5 Å². The molecule has 1 heterocycles. The monoisotopic (exact) mass is 225 g/mol. The number of carboxylic acids is 1. The van der Waals surface area contributed by atoms with Crippen molar-refractivity contribution in [2.45, 2.75) is 12.8 Å². The summed E-state index contributed by atoms with van der Waals surface area (Å²) in [5, 5.41) is 10.6. The molecule has 1 aromatic rings. The normalized spacial score (nSPS) is 9.93. The highest BCUT2D eigenvalue weighted by Gasteiger charge is 2.08. The highest BCUT2D eigenvalue weighted by molar-refractivity contribution is 7.12. The topological polar surface area (TPSA) is 40.5 Å². The second-order valence-electron chi connectivity index (χ2n) is 3.33. The molecule has 0 aliphatic carbocycles. The molecule has 0 saturated heterocycles. The van der Waals surface area contributed by atoms with Crippen LogP contribution in [0.2, 0.25) is 0 Å². The smallest absolute Gasteiger partial charge is 0.345 e. The molecule has 82 valence electrons. The Balaban J connectivity index is 2.53. The fraction of sp³-hybridized carbons (Fsp3) is 0.364. The van der Waals surface area contributed by atoms with Crippen molar-refractivity contribution >= 4 is 23.0 Å².